The molecule has 0 aliphatic carbocycles. The van der Waals surface area contributed by atoms with Gasteiger partial charge < -0.3 is 5.11 Å². The molecule has 0 aliphatic rings. The molecule has 14 heavy (non-hydrogen) atoms. The second kappa shape index (κ2) is 4.52. The van der Waals surface area contributed by atoms with Crippen LogP contribution >= 0.6 is 27.5 Å². The maximum absolute atomic E-state index is 10.9. The summed E-state index contributed by atoms with van der Waals surface area (Å²) < 4.78 is 0.648. The van der Waals surface area contributed by atoms with Gasteiger partial charge in [0.2, 0.25) is 5.78 Å². The monoisotopic (exact) mass is 277 g/mol. The number of nitrogens with zero attached hydrogens (tertiary/aromatic N) is 1. The van der Waals surface area contributed by atoms with Crippen LogP contribution in [-0.2, 0) is 16.0 Å². The van der Waals surface area contributed by atoms with Crippen molar-refractivity contribution in [2.24, 2.45) is 0 Å². The van der Waals surface area contributed by atoms with Gasteiger partial charge in [0.05, 0.1) is 0 Å². The van der Waals surface area contributed by atoms with E-state index in [1.54, 1.807) is 6.07 Å². The minimum Gasteiger partial charge on any atom is -0.475 e. The first kappa shape index (κ1) is 11.1. The molecular weight excluding hydrogens is 273 g/mol. The van der Waals surface area contributed by atoms with Gasteiger partial charge in [-0.05, 0) is 27.6 Å². The van der Waals surface area contributed by atoms with E-state index in [0.29, 0.717) is 10.0 Å². The zero-order valence-electron chi connectivity index (χ0n) is 6.83. The quantitative estimate of drug-likeness (QED) is 0.675. The van der Waals surface area contributed by atoms with Crippen molar-refractivity contribution in [3.05, 3.63) is 27.5 Å². The first-order valence-electron chi connectivity index (χ1n) is 3.56. The lowest BCUT2D eigenvalue weighted by atomic mass is 10.1. The molecule has 0 aliphatic heterocycles. The average Bonchev–Trinajstić information content (AvgIpc) is 2.11. The Morgan fingerprint density at radius 1 is 1.57 bits per heavy atom. The number of aromatic nitrogens is 1. The van der Waals surface area contributed by atoms with E-state index in [1.807, 2.05) is 0 Å². The summed E-state index contributed by atoms with van der Waals surface area (Å²) in [6, 6.07) is 1.57. The Hall–Kier alpha value is -0.940. The van der Waals surface area contributed by atoms with Gasteiger partial charge in [-0.2, -0.15) is 0 Å². The summed E-state index contributed by atoms with van der Waals surface area (Å²) >= 11 is 8.81. The van der Waals surface area contributed by atoms with Crippen molar-refractivity contribution in [3.63, 3.8) is 0 Å². The fraction of sp³-hybridized carbons (Fsp3) is 0.125. The smallest absolute Gasteiger partial charge is 0.372 e. The summed E-state index contributed by atoms with van der Waals surface area (Å²) in [7, 11) is 0. The van der Waals surface area contributed by atoms with Crippen LogP contribution < -0.4 is 0 Å². The largest absolute Gasteiger partial charge is 0.475 e. The van der Waals surface area contributed by atoms with Gasteiger partial charge in [-0.15, -0.1) is 0 Å². The normalized spacial score (nSPS) is 9.86. The first-order chi connectivity index (χ1) is 6.50. The molecule has 0 fully saturated rings. The van der Waals surface area contributed by atoms with Crippen LogP contribution in [0.4, 0.5) is 0 Å². The molecule has 0 bridgehead atoms. The highest BCUT2D eigenvalue weighted by Gasteiger charge is 2.14. The molecule has 0 atom stereocenters. The van der Waals surface area contributed by atoms with Crippen LogP contribution in [0.2, 0.25) is 5.15 Å². The van der Waals surface area contributed by atoms with Crippen molar-refractivity contribution < 1.29 is 14.7 Å². The number of aliphatic carboxylic acids is 1. The third kappa shape index (κ3) is 2.78. The molecule has 0 radical (unpaired) electrons. The van der Waals surface area contributed by atoms with Gasteiger partial charge in [-0.25, -0.2) is 9.78 Å². The van der Waals surface area contributed by atoms with Gasteiger partial charge in [0.15, 0.2) is 0 Å². The third-order valence-corrected chi connectivity index (χ3v) is 2.24. The van der Waals surface area contributed by atoms with Crippen molar-refractivity contribution in [1.29, 1.82) is 0 Å². The standard InChI is InChI=1S/C8H5BrClNO3/c9-5-1-4(7(10)11-3-5)2-6(12)8(13)14/h1,3H,2H2,(H,13,14). The van der Waals surface area contributed by atoms with E-state index in [4.69, 9.17) is 16.7 Å². The van der Waals surface area contributed by atoms with Crippen molar-refractivity contribution in [3.8, 4) is 0 Å². The van der Waals surface area contributed by atoms with Crippen molar-refractivity contribution in [1.82, 2.24) is 4.98 Å². The van der Waals surface area contributed by atoms with Gasteiger partial charge in [0.1, 0.15) is 5.15 Å². The zero-order valence-corrected chi connectivity index (χ0v) is 9.17. The molecule has 0 saturated carbocycles. The molecule has 0 aromatic carbocycles. The molecule has 1 heterocycles. The van der Waals surface area contributed by atoms with E-state index >= 15 is 0 Å². The second-order valence-electron chi connectivity index (χ2n) is 2.51. The Kier molecular flexibility index (Phi) is 3.60. The van der Waals surface area contributed by atoms with Crippen LogP contribution in [0.25, 0.3) is 0 Å². The van der Waals surface area contributed by atoms with E-state index in [-0.39, 0.29) is 11.6 Å². The minimum atomic E-state index is -1.47. The average molecular weight is 278 g/mol. The van der Waals surface area contributed by atoms with Crippen molar-refractivity contribution in [2.45, 2.75) is 6.42 Å². The Balaban J connectivity index is 2.91. The van der Waals surface area contributed by atoms with Crippen LogP contribution in [0.1, 0.15) is 5.56 Å². The Morgan fingerprint density at radius 2 is 2.21 bits per heavy atom. The molecule has 1 aromatic heterocycles. The van der Waals surface area contributed by atoms with Crippen LogP contribution in [0, 0.1) is 0 Å². The Morgan fingerprint density at radius 3 is 2.79 bits per heavy atom. The topological polar surface area (TPSA) is 67.3 Å². The van der Waals surface area contributed by atoms with E-state index in [9.17, 15) is 9.59 Å². The Labute approximate surface area is 93.0 Å². The molecule has 6 heteroatoms. The number of carboxylic acid groups (broad SMARTS) is 1. The molecular formula is C8H5BrClNO3. The highest BCUT2D eigenvalue weighted by atomic mass is 79.9. The third-order valence-electron chi connectivity index (χ3n) is 1.47. The number of ketones is 1. The molecule has 0 unspecified atom stereocenters. The van der Waals surface area contributed by atoms with Gasteiger partial charge in [-0.3, -0.25) is 4.79 Å². The number of carbonyl (C=O) groups excluding carboxylic acids is 1. The van der Waals surface area contributed by atoms with E-state index < -0.39 is 11.8 Å². The lowest BCUT2D eigenvalue weighted by Gasteiger charge is -2.00. The van der Waals surface area contributed by atoms with Crippen LogP contribution in [0.3, 0.4) is 0 Å². The molecule has 0 amide bonds. The van der Waals surface area contributed by atoms with Gasteiger partial charge in [0.25, 0.3) is 0 Å². The molecule has 74 valence electrons. The van der Waals surface area contributed by atoms with Gasteiger partial charge >= 0.3 is 5.97 Å². The van der Waals surface area contributed by atoms with E-state index in [2.05, 4.69) is 20.9 Å². The molecule has 0 spiro atoms. The Bertz CT molecular complexity index is 394. The lowest BCUT2D eigenvalue weighted by molar-refractivity contribution is -0.148. The molecule has 1 N–H and O–H groups in total. The predicted molar refractivity (Wildman–Crippen MR) is 53.3 cm³/mol. The lowest BCUT2D eigenvalue weighted by Crippen LogP contribution is -2.15. The van der Waals surface area contributed by atoms with Crippen LogP contribution in [-0.4, -0.2) is 21.8 Å². The van der Waals surface area contributed by atoms with Crippen LogP contribution in [0.5, 0.6) is 0 Å². The number of hydrogen-bond donors (Lipinski definition) is 1. The number of Topliss-reactive ketones (excluding diaryl/α,β-unsaturated/α-hetero) is 1. The fourth-order valence-electron chi connectivity index (χ4n) is 0.837. The summed E-state index contributed by atoms with van der Waals surface area (Å²) in [6.07, 6.45) is 1.22. The summed E-state index contributed by atoms with van der Waals surface area (Å²) in [6.45, 7) is 0. The summed E-state index contributed by atoms with van der Waals surface area (Å²) in [5, 5.41) is 8.52. The van der Waals surface area contributed by atoms with Crippen molar-refractivity contribution in [2.75, 3.05) is 0 Å². The predicted octanol–water partition coefficient (Wildman–Crippen LogP) is 1.69. The first-order valence-corrected chi connectivity index (χ1v) is 4.74. The van der Waals surface area contributed by atoms with Crippen LogP contribution in [0.15, 0.2) is 16.7 Å². The highest BCUT2D eigenvalue weighted by Crippen LogP contribution is 2.18. The second-order valence-corrected chi connectivity index (χ2v) is 3.78. The van der Waals surface area contributed by atoms with Crippen molar-refractivity contribution >= 4 is 39.3 Å². The molecule has 1 rings (SSSR count). The maximum atomic E-state index is 10.9. The minimum absolute atomic E-state index is 0.141. The van der Waals surface area contributed by atoms with Gasteiger partial charge in [-0.1, -0.05) is 11.6 Å². The highest BCUT2D eigenvalue weighted by molar-refractivity contribution is 9.10. The number of rotatable bonds is 3. The molecule has 0 saturated heterocycles. The number of hydrogen-bond acceptors (Lipinski definition) is 3. The molecule has 4 nitrogen and oxygen atoms in total. The fourth-order valence-corrected chi connectivity index (χ4v) is 1.39. The van der Waals surface area contributed by atoms with E-state index in [0.717, 1.165) is 0 Å². The van der Waals surface area contributed by atoms with E-state index in [1.165, 1.54) is 6.20 Å². The molecule has 1 aromatic rings. The number of carbonyl (C=O) groups is 2. The number of carboxylic acids is 1. The zero-order chi connectivity index (χ0) is 10.7. The summed E-state index contributed by atoms with van der Waals surface area (Å²) in [5.74, 6) is -2.38. The number of pyridine rings is 1. The SMILES string of the molecule is O=C(O)C(=O)Cc1cc(Br)cnc1Cl. The number of halogens is 2. The summed E-state index contributed by atoms with van der Waals surface area (Å²) in [4.78, 5) is 24.9. The summed E-state index contributed by atoms with van der Waals surface area (Å²) in [5.41, 5.74) is 0.397. The maximum Gasteiger partial charge on any atom is 0.372 e. The van der Waals surface area contributed by atoms with Gasteiger partial charge in [0, 0.05) is 17.1 Å².